The maximum atomic E-state index is 12.9. The van der Waals surface area contributed by atoms with Crippen molar-refractivity contribution in [2.24, 2.45) is 0 Å². The molecule has 5 heteroatoms. The number of Topliss-reactive ketones (excluding diaryl/α,β-unsaturated/α-hetero) is 1. The number of halogens is 1. The molecule has 0 bridgehead atoms. The van der Waals surface area contributed by atoms with Crippen LogP contribution < -0.4 is 0 Å². The molecule has 0 aliphatic carbocycles. The van der Waals surface area contributed by atoms with Crippen LogP contribution in [0.2, 0.25) is 0 Å². The van der Waals surface area contributed by atoms with Crippen LogP contribution in [0.5, 0.6) is 0 Å². The molecule has 3 aromatic rings. The first-order valence-electron chi connectivity index (χ1n) is 8.07. The van der Waals surface area contributed by atoms with Crippen molar-refractivity contribution in [2.75, 3.05) is 0 Å². The van der Waals surface area contributed by atoms with Gasteiger partial charge in [-0.15, -0.1) is 0 Å². The minimum absolute atomic E-state index is 0.286. The third-order valence-electron chi connectivity index (χ3n) is 3.85. The summed E-state index contributed by atoms with van der Waals surface area (Å²) in [6, 6.07) is 14.5. The number of aromatic nitrogens is 1. The Labute approximate surface area is 149 Å². The third-order valence-corrected chi connectivity index (χ3v) is 3.85. The molecule has 3 rings (SSSR count). The molecule has 0 amide bonds. The highest BCUT2D eigenvalue weighted by molar-refractivity contribution is 6.01. The lowest BCUT2D eigenvalue weighted by Crippen LogP contribution is -2.23. The molecule has 1 aromatic heterocycles. The quantitative estimate of drug-likeness (QED) is 0.393. The van der Waals surface area contributed by atoms with Gasteiger partial charge in [-0.3, -0.25) is 9.78 Å². The average Bonchev–Trinajstić information content (AvgIpc) is 2.66. The van der Waals surface area contributed by atoms with Gasteiger partial charge in [-0.2, -0.15) is 0 Å². The van der Waals surface area contributed by atoms with E-state index < -0.39 is 23.7 Å². The van der Waals surface area contributed by atoms with Crippen LogP contribution in [0.1, 0.15) is 22.8 Å². The Morgan fingerprint density at radius 3 is 2.58 bits per heavy atom. The lowest BCUT2D eigenvalue weighted by molar-refractivity contribution is -0.140. The second-order valence-corrected chi connectivity index (χ2v) is 5.71. The number of hydrogen-bond acceptors (Lipinski definition) is 4. The standard InChI is InChI=1S/C21H16FNO3/c1-14(21(25)17-7-10-18(22)11-8-17)26-19(24)12-9-16-5-2-4-15-6-3-13-23-20(15)16/h2-14H,1H3/b12-9+/t14-/m1/s1. The Morgan fingerprint density at radius 2 is 1.81 bits per heavy atom. The lowest BCUT2D eigenvalue weighted by Gasteiger charge is -2.10. The van der Waals surface area contributed by atoms with Crippen LogP contribution in [0.4, 0.5) is 4.39 Å². The third kappa shape index (κ3) is 4.00. The van der Waals surface area contributed by atoms with Crippen molar-refractivity contribution in [1.82, 2.24) is 4.98 Å². The number of nitrogens with zero attached hydrogens (tertiary/aromatic N) is 1. The van der Waals surface area contributed by atoms with E-state index in [4.69, 9.17) is 4.74 Å². The Hall–Kier alpha value is -3.34. The summed E-state index contributed by atoms with van der Waals surface area (Å²) < 4.78 is 18.1. The van der Waals surface area contributed by atoms with Gasteiger partial charge < -0.3 is 4.74 Å². The van der Waals surface area contributed by atoms with E-state index in [1.165, 1.54) is 37.3 Å². The molecule has 0 radical (unpaired) electrons. The Bertz CT molecular complexity index is 975. The van der Waals surface area contributed by atoms with Gasteiger partial charge in [0.15, 0.2) is 6.10 Å². The van der Waals surface area contributed by atoms with Gasteiger partial charge >= 0.3 is 5.97 Å². The van der Waals surface area contributed by atoms with E-state index >= 15 is 0 Å². The molecular formula is C21H16FNO3. The van der Waals surface area contributed by atoms with Gasteiger partial charge in [0, 0.05) is 28.8 Å². The second-order valence-electron chi connectivity index (χ2n) is 5.71. The number of ether oxygens (including phenoxy) is 1. The zero-order valence-corrected chi connectivity index (χ0v) is 14.1. The summed E-state index contributed by atoms with van der Waals surface area (Å²) >= 11 is 0. The summed E-state index contributed by atoms with van der Waals surface area (Å²) in [6.45, 7) is 1.48. The van der Waals surface area contributed by atoms with Crippen LogP contribution in [0.25, 0.3) is 17.0 Å². The maximum absolute atomic E-state index is 12.9. The van der Waals surface area contributed by atoms with E-state index in [1.54, 1.807) is 12.3 Å². The molecule has 0 fully saturated rings. The first-order valence-corrected chi connectivity index (χ1v) is 8.07. The van der Waals surface area contributed by atoms with E-state index in [0.29, 0.717) is 0 Å². The number of benzene rings is 2. The molecule has 0 unspecified atom stereocenters. The molecule has 0 saturated heterocycles. The van der Waals surface area contributed by atoms with Crippen LogP contribution in [-0.4, -0.2) is 22.8 Å². The molecule has 0 aliphatic heterocycles. The molecule has 0 saturated carbocycles. The fourth-order valence-corrected chi connectivity index (χ4v) is 2.54. The van der Waals surface area contributed by atoms with Gasteiger partial charge in [-0.1, -0.05) is 24.3 Å². The largest absolute Gasteiger partial charge is 0.451 e. The van der Waals surface area contributed by atoms with Gasteiger partial charge in [0.25, 0.3) is 0 Å². The predicted molar refractivity (Wildman–Crippen MR) is 97.1 cm³/mol. The van der Waals surface area contributed by atoms with Crippen molar-refractivity contribution in [3.8, 4) is 0 Å². The molecule has 0 spiro atoms. The topological polar surface area (TPSA) is 56.3 Å². The number of hydrogen-bond donors (Lipinski definition) is 0. The summed E-state index contributed by atoms with van der Waals surface area (Å²) in [5, 5.41) is 0.961. The molecule has 4 nitrogen and oxygen atoms in total. The summed E-state index contributed by atoms with van der Waals surface area (Å²) in [6.07, 6.45) is 3.58. The van der Waals surface area contributed by atoms with Gasteiger partial charge in [0.05, 0.1) is 5.52 Å². The maximum Gasteiger partial charge on any atom is 0.331 e. The summed E-state index contributed by atoms with van der Waals surface area (Å²) in [5.74, 6) is -1.46. The number of pyridine rings is 1. The van der Waals surface area contributed by atoms with Crippen LogP contribution >= 0.6 is 0 Å². The fourth-order valence-electron chi connectivity index (χ4n) is 2.54. The monoisotopic (exact) mass is 349 g/mol. The SMILES string of the molecule is C[C@@H](OC(=O)/C=C/c1cccc2cccnc12)C(=O)c1ccc(F)cc1. The van der Waals surface area contributed by atoms with E-state index in [9.17, 15) is 14.0 Å². The summed E-state index contributed by atoms with van der Waals surface area (Å²) in [4.78, 5) is 28.5. The van der Waals surface area contributed by atoms with E-state index in [2.05, 4.69) is 4.98 Å². The van der Waals surface area contributed by atoms with Crippen molar-refractivity contribution in [3.05, 3.63) is 83.8 Å². The first kappa shape index (κ1) is 17.5. The minimum atomic E-state index is -0.969. The summed E-state index contributed by atoms with van der Waals surface area (Å²) in [5.41, 5.74) is 1.83. The number of fused-ring (bicyclic) bond motifs is 1. The normalized spacial score (nSPS) is 12.2. The van der Waals surface area contributed by atoms with Gasteiger partial charge in [-0.25, -0.2) is 9.18 Å². The molecule has 1 heterocycles. The van der Waals surface area contributed by atoms with Gasteiger partial charge in [-0.05, 0) is 43.3 Å². The zero-order chi connectivity index (χ0) is 18.5. The fraction of sp³-hybridized carbons (Fsp3) is 0.0952. The van der Waals surface area contributed by atoms with Crippen LogP contribution in [0, 0.1) is 5.82 Å². The van der Waals surface area contributed by atoms with E-state index in [-0.39, 0.29) is 5.56 Å². The number of carbonyl (C=O) groups is 2. The Kier molecular flexibility index (Phi) is 5.17. The van der Waals surface area contributed by atoms with Crippen LogP contribution in [0.15, 0.2) is 66.9 Å². The highest BCUT2D eigenvalue weighted by atomic mass is 19.1. The van der Waals surface area contributed by atoms with Crippen molar-refractivity contribution in [3.63, 3.8) is 0 Å². The number of rotatable bonds is 5. The smallest absolute Gasteiger partial charge is 0.331 e. The lowest BCUT2D eigenvalue weighted by atomic mass is 10.1. The predicted octanol–water partition coefficient (Wildman–Crippen LogP) is 4.20. The molecular weight excluding hydrogens is 333 g/mol. The van der Waals surface area contributed by atoms with Crippen LogP contribution in [-0.2, 0) is 9.53 Å². The highest BCUT2D eigenvalue weighted by Gasteiger charge is 2.18. The number of ketones is 1. The zero-order valence-electron chi connectivity index (χ0n) is 14.1. The number of para-hydroxylation sites is 1. The first-order chi connectivity index (χ1) is 12.5. The van der Waals surface area contributed by atoms with Crippen molar-refractivity contribution in [2.45, 2.75) is 13.0 Å². The second kappa shape index (κ2) is 7.70. The average molecular weight is 349 g/mol. The molecule has 2 aromatic carbocycles. The van der Waals surface area contributed by atoms with Crippen molar-refractivity contribution < 1.29 is 18.7 Å². The van der Waals surface area contributed by atoms with E-state index in [0.717, 1.165) is 16.5 Å². The highest BCUT2D eigenvalue weighted by Crippen LogP contribution is 2.17. The molecule has 0 aliphatic rings. The molecule has 26 heavy (non-hydrogen) atoms. The van der Waals surface area contributed by atoms with E-state index in [1.807, 2.05) is 30.3 Å². The number of carbonyl (C=O) groups excluding carboxylic acids is 2. The van der Waals surface area contributed by atoms with Crippen LogP contribution in [0.3, 0.4) is 0 Å². The van der Waals surface area contributed by atoms with Crippen molar-refractivity contribution in [1.29, 1.82) is 0 Å². The minimum Gasteiger partial charge on any atom is -0.451 e. The summed E-state index contributed by atoms with van der Waals surface area (Å²) in [7, 11) is 0. The number of esters is 1. The Morgan fingerprint density at radius 1 is 1.08 bits per heavy atom. The molecule has 130 valence electrons. The van der Waals surface area contributed by atoms with Crippen molar-refractivity contribution >= 4 is 28.7 Å². The molecule has 1 atom stereocenters. The van der Waals surface area contributed by atoms with Gasteiger partial charge in [0.1, 0.15) is 5.82 Å². The van der Waals surface area contributed by atoms with Gasteiger partial charge in [0.2, 0.25) is 5.78 Å². The molecule has 0 N–H and O–H groups in total. The Balaban J connectivity index is 1.68.